The second kappa shape index (κ2) is 5.99. The van der Waals surface area contributed by atoms with Gasteiger partial charge in [-0.3, -0.25) is 4.79 Å². The summed E-state index contributed by atoms with van der Waals surface area (Å²) < 4.78 is 4.48. The number of rotatable bonds is 5. The van der Waals surface area contributed by atoms with Gasteiger partial charge in [0.1, 0.15) is 0 Å². The van der Waals surface area contributed by atoms with Gasteiger partial charge in [0.05, 0.1) is 0 Å². The molecule has 2 N–H and O–H groups in total. The second-order valence-electron chi connectivity index (χ2n) is 4.14. The third-order valence-electron chi connectivity index (χ3n) is 2.76. The lowest BCUT2D eigenvalue weighted by Crippen LogP contribution is -2.32. The van der Waals surface area contributed by atoms with Gasteiger partial charge in [-0.25, -0.2) is 4.63 Å². The lowest BCUT2D eigenvalue weighted by atomic mass is 10.2. The fraction of sp³-hybridized carbons (Fsp3) is 0.308. The van der Waals surface area contributed by atoms with E-state index in [0.29, 0.717) is 6.54 Å². The standard InChI is InChI=1S/C13H16N4O2/c1-2-3-9-17(10-7-5-4-6-8-10)13(18)11-12(14)16-19-15-11/h4-8H,2-3,9H2,1H3,(H2,14,16). The lowest BCUT2D eigenvalue weighted by molar-refractivity contribution is 0.0977. The molecule has 0 aliphatic heterocycles. The van der Waals surface area contributed by atoms with Gasteiger partial charge in [0, 0.05) is 12.2 Å². The Morgan fingerprint density at radius 3 is 2.63 bits per heavy atom. The van der Waals surface area contributed by atoms with Crippen LogP contribution in [0.2, 0.25) is 0 Å². The largest absolute Gasteiger partial charge is 0.379 e. The summed E-state index contributed by atoms with van der Waals surface area (Å²) in [5, 5.41) is 7.01. The SMILES string of the molecule is CCCCN(C(=O)c1nonc1N)c1ccccc1. The molecule has 1 aromatic carbocycles. The highest BCUT2D eigenvalue weighted by Gasteiger charge is 2.23. The Labute approximate surface area is 111 Å². The van der Waals surface area contributed by atoms with E-state index in [9.17, 15) is 4.79 Å². The van der Waals surface area contributed by atoms with Crippen molar-refractivity contribution in [3.05, 3.63) is 36.0 Å². The topological polar surface area (TPSA) is 85.2 Å². The Morgan fingerprint density at radius 2 is 2.05 bits per heavy atom. The van der Waals surface area contributed by atoms with Gasteiger partial charge in [0.25, 0.3) is 5.91 Å². The molecule has 2 aromatic rings. The molecular weight excluding hydrogens is 244 g/mol. The smallest absolute Gasteiger partial charge is 0.284 e. The van der Waals surface area contributed by atoms with Crippen molar-refractivity contribution in [3.63, 3.8) is 0 Å². The zero-order chi connectivity index (χ0) is 13.7. The van der Waals surface area contributed by atoms with E-state index in [1.54, 1.807) is 4.90 Å². The molecule has 1 aromatic heterocycles. The fourth-order valence-corrected chi connectivity index (χ4v) is 1.74. The minimum atomic E-state index is -0.293. The number of para-hydroxylation sites is 1. The van der Waals surface area contributed by atoms with Gasteiger partial charge in [-0.05, 0) is 28.9 Å². The number of unbranched alkanes of at least 4 members (excludes halogenated alkanes) is 1. The first kappa shape index (κ1) is 13.1. The Hall–Kier alpha value is -2.37. The molecule has 0 saturated carbocycles. The van der Waals surface area contributed by atoms with Crippen molar-refractivity contribution >= 4 is 17.4 Å². The molecule has 19 heavy (non-hydrogen) atoms. The maximum absolute atomic E-state index is 12.4. The first-order chi connectivity index (χ1) is 9.24. The minimum Gasteiger partial charge on any atom is -0.379 e. The van der Waals surface area contributed by atoms with Crippen LogP contribution in [-0.4, -0.2) is 22.8 Å². The Balaban J connectivity index is 2.28. The van der Waals surface area contributed by atoms with E-state index < -0.39 is 0 Å². The van der Waals surface area contributed by atoms with Gasteiger partial charge < -0.3 is 10.6 Å². The minimum absolute atomic E-state index is 0.0161. The summed E-state index contributed by atoms with van der Waals surface area (Å²) in [5.74, 6) is -0.277. The monoisotopic (exact) mass is 260 g/mol. The number of hydrogen-bond acceptors (Lipinski definition) is 5. The summed E-state index contributed by atoms with van der Waals surface area (Å²) in [4.78, 5) is 14.1. The molecule has 0 atom stereocenters. The average Bonchev–Trinajstić information content (AvgIpc) is 2.86. The predicted molar refractivity (Wildman–Crippen MR) is 71.7 cm³/mol. The number of amides is 1. The third kappa shape index (κ3) is 2.90. The number of benzene rings is 1. The molecule has 0 aliphatic rings. The van der Waals surface area contributed by atoms with E-state index in [1.807, 2.05) is 30.3 Å². The third-order valence-corrected chi connectivity index (χ3v) is 2.76. The lowest BCUT2D eigenvalue weighted by Gasteiger charge is -2.21. The highest BCUT2D eigenvalue weighted by atomic mass is 16.6. The Kier molecular flexibility index (Phi) is 4.12. The number of nitrogens with two attached hydrogens (primary N) is 1. The number of carbonyl (C=O) groups excluding carboxylic acids is 1. The van der Waals surface area contributed by atoms with Gasteiger partial charge in [0.2, 0.25) is 11.5 Å². The number of aromatic nitrogens is 2. The molecule has 0 bridgehead atoms. The molecule has 0 aliphatic carbocycles. The van der Waals surface area contributed by atoms with Crippen LogP contribution in [-0.2, 0) is 0 Å². The van der Waals surface area contributed by atoms with Crippen LogP contribution < -0.4 is 10.6 Å². The zero-order valence-electron chi connectivity index (χ0n) is 10.7. The van der Waals surface area contributed by atoms with Crippen LogP contribution in [0.4, 0.5) is 11.5 Å². The molecule has 0 saturated heterocycles. The van der Waals surface area contributed by atoms with Crippen molar-refractivity contribution in [2.75, 3.05) is 17.2 Å². The van der Waals surface area contributed by atoms with Crippen molar-refractivity contribution in [1.29, 1.82) is 0 Å². The normalized spacial score (nSPS) is 10.4. The van der Waals surface area contributed by atoms with Gasteiger partial charge in [-0.15, -0.1) is 0 Å². The average molecular weight is 260 g/mol. The summed E-state index contributed by atoms with van der Waals surface area (Å²) in [6.07, 6.45) is 1.88. The zero-order valence-corrected chi connectivity index (χ0v) is 10.7. The fourth-order valence-electron chi connectivity index (χ4n) is 1.74. The number of anilines is 2. The first-order valence-corrected chi connectivity index (χ1v) is 6.19. The summed E-state index contributed by atoms with van der Waals surface area (Å²) in [5.41, 5.74) is 6.44. The van der Waals surface area contributed by atoms with Gasteiger partial charge >= 0.3 is 0 Å². The van der Waals surface area contributed by atoms with Crippen LogP contribution in [0.5, 0.6) is 0 Å². The summed E-state index contributed by atoms with van der Waals surface area (Å²) >= 11 is 0. The summed E-state index contributed by atoms with van der Waals surface area (Å²) in [6, 6.07) is 9.41. The summed E-state index contributed by atoms with van der Waals surface area (Å²) in [6.45, 7) is 2.67. The maximum atomic E-state index is 12.4. The molecule has 1 amide bonds. The highest BCUT2D eigenvalue weighted by Crippen LogP contribution is 2.18. The Bertz CT molecular complexity index is 539. The number of nitrogen functional groups attached to an aromatic ring is 1. The second-order valence-corrected chi connectivity index (χ2v) is 4.14. The molecule has 6 nitrogen and oxygen atoms in total. The van der Waals surface area contributed by atoms with Gasteiger partial charge in [-0.2, -0.15) is 0 Å². The number of nitrogens with zero attached hydrogens (tertiary/aromatic N) is 3. The maximum Gasteiger partial charge on any atom is 0.284 e. The van der Waals surface area contributed by atoms with Crippen LogP contribution in [0.15, 0.2) is 35.0 Å². The van der Waals surface area contributed by atoms with Crippen molar-refractivity contribution in [1.82, 2.24) is 10.3 Å². The van der Waals surface area contributed by atoms with Crippen LogP contribution in [0, 0.1) is 0 Å². The van der Waals surface area contributed by atoms with E-state index in [4.69, 9.17) is 5.73 Å². The van der Waals surface area contributed by atoms with Gasteiger partial charge in [-0.1, -0.05) is 31.5 Å². The van der Waals surface area contributed by atoms with Crippen LogP contribution in [0.25, 0.3) is 0 Å². The molecule has 1 heterocycles. The molecule has 0 fully saturated rings. The van der Waals surface area contributed by atoms with Crippen molar-refractivity contribution in [2.24, 2.45) is 0 Å². The van der Waals surface area contributed by atoms with E-state index in [2.05, 4.69) is 21.9 Å². The van der Waals surface area contributed by atoms with Gasteiger partial charge in [0.15, 0.2) is 0 Å². The van der Waals surface area contributed by atoms with Crippen molar-refractivity contribution in [2.45, 2.75) is 19.8 Å². The number of hydrogen-bond donors (Lipinski definition) is 1. The highest BCUT2D eigenvalue weighted by molar-refractivity contribution is 6.07. The molecule has 2 rings (SSSR count). The van der Waals surface area contributed by atoms with Crippen molar-refractivity contribution in [3.8, 4) is 0 Å². The van der Waals surface area contributed by atoms with E-state index in [-0.39, 0.29) is 17.4 Å². The van der Waals surface area contributed by atoms with Crippen molar-refractivity contribution < 1.29 is 9.42 Å². The van der Waals surface area contributed by atoms with E-state index >= 15 is 0 Å². The molecule has 0 unspecified atom stereocenters. The summed E-state index contributed by atoms with van der Waals surface area (Å²) in [7, 11) is 0. The van der Waals surface area contributed by atoms with Crippen LogP contribution >= 0.6 is 0 Å². The molecule has 0 spiro atoms. The first-order valence-electron chi connectivity index (χ1n) is 6.19. The predicted octanol–water partition coefficient (Wildman–Crippen LogP) is 2.10. The molecule has 100 valence electrons. The van der Waals surface area contributed by atoms with E-state index in [1.165, 1.54) is 0 Å². The Morgan fingerprint density at radius 1 is 1.32 bits per heavy atom. The molecule has 6 heteroatoms. The quantitative estimate of drug-likeness (QED) is 0.889. The molecule has 0 radical (unpaired) electrons. The number of carbonyl (C=O) groups is 1. The van der Waals surface area contributed by atoms with Crippen LogP contribution in [0.1, 0.15) is 30.3 Å². The van der Waals surface area contributed by atoms with E-state index in [0.717, 1.165) is 18.5 Å². The van der Waals surface area contributed by atoms with Crippen LogP contribution in [0.3, 0.4) is 0 Å². The molecular formula is C13H16N4O2.